The number of piperidine rings is 1. The molecule has 1 unspecified atom stereocenters. The lowest BCUT2D eigenvalue weighted by molar-refractivity contribution is 0.0623. The van der Waals surface area contributed by atoms with Gasteiger partial charge in [0.15, 0.2) is 0 Å². The number of H-pyrrole nitrogens is 1. The van der Waals surface area contributed by atoms with Crippen molar-refractivity contribution in [1.29, 1.82) is 5.26 Å². The number of nitrogens with zero attached hydrogens (tertiary/aromatic N) is 4. The highest BCUT2D eigenvalue weighted by atomic mass is 16.2. The molecule has 2 aromatic heterocycles. The predicted molar refractivity (Wildman–Crippen MR) is 109 cm³/mol. The van der Waals surface area contributed by atoms with Crippen LogP contribution < -0.4 is 5.56 Å². The Labute approximate surface area is 170 Å². The molecule has 1 amide bonds. The Morgan fingerprint density at radius 3 is 2.76 bits per heavy atom. The first-order valence-electron chi connectivity index (χ1n) is 10.1. The molecule has 1 aliphatic heterocycles. The van der Waals surface area contributed by atoms with E-state index in [4.69, 9.17) is 10.2 Å². The molecule has 1 aliphatic carbocycles. The van der Waals surface area contributed by atoms with E-state index in [1.807, 2.05) is 25.7 Å². The number of hydrogen-bond acceptors (Lipinski definition) is 4. The van der Waals surface area contributed by atoms with E-state index in [-0.39, 0.29) is 22.3 Å². The Morgan fingerprint density at radius 2 is 2.10 bits per heavy atom. The van der Waals surface area contributed by atoms with Crippen molar-refractivity contribution in [1.82, 2.24) is 19.4 Å². The topological polar surface area (TPSA) is 94.8 Å². The van der Waals surface area contributed by atoms with Crippen LogP contribution in [-0.2, 0) is 24.3 Å². The van der Waals surface area contributed by atoms with Gasteiger partial charge in [-0.15, -0.1) is 0 Å². The van der Waals surface area contributed by atoms with E-state index in [1.165, 1.54) is 0 Å². The van der Waals surface area contributed by atoms with E-state index in [0.29, 0.717) is 36.6 Å². The number of nitriles is 1. The predicted octanol–water partition coefficient (Wildman–Crippen LogP) is 2.40. The normalized spacial score (nSPS) is 21.3. The second-order valence-corrected chi connectivity index (χ2v) is 9.44. The van der Waals surface area contributed by atoms with Crippen LogP contribution >= 0.6 is 0 Å². The van der Waals surface area contributed by atoms with E-state index >= 15 is 0 Å². The Kier molecular flexibility index (Phi) is 4.41. The second-order valence-electron chi connectivity index (χ2n) is 9.44. The van der Waals surface area contributed by atoms with E-state index in [2.05, 4.69) is 11.1 Å². The van der Waals surface area contributed by atoms with Gasteiger partial charge in [-0.2, -0.15) is 5.26 Å². The van der Waals surface area contributed by atoms with Gasteiger partial charge >= 0.3 is 0 Å². The van der Waals surface area contributed by atoms with Crippen molar-refractivity contribution in [3.63, 3.8) is 0 Å². The van der Waals surface area contributed by atoms with Gasteiger partial charge in [-0.3, -0.25) is 9.59 Å². The fraction of sp³-hybridized carbons (Fsp3) is 0.545. The summed E-state index contributed by atoms with van der Waals surface area (Å²) in [7, 11) is 1.79. The first-order valence-corrected chi connectivity index (χ1v) is 10.1. The van der Waals surface area contributed by atoms with Crippen LogP contribution in [0.3, 0.4) is 0 Å². The summed E-state index contributed by atoms with van der Waals surface area (Å²) in [6.07, 6.45) is 5.02. The average Bonchev–Trinajstić information content (AvgIpc) is 3.22. The van der Waals surface area contributed by atoms with E-state index in [1.54, 1.807) is 23.9 Å². The van der Waals surface area contributed by atoms with Crippen LogP contribution in [-0.4, -0.2) is 38.4 Å². The standard InChI is InChI=1S/C22H27N5O2/c1-21(2,3)20-24-17-15(18(28)25-20)6-8-22(17)7-5-9-27(13-22)19(29)16-10-14(11-23)12-26(16)4/h10,12H,5-9,13H2,1-4H3,(H,24,25,28). The number of aromatic nitrogens is 3. The van der Waals surface area contributed by atoms with Crippen LogP contribution in [0.2, 0.25) is 0 Å². The SMILES string of the molecule is Cn1cc(C#N)cc1C(=O)N1CCCC2(CCc3c2nc(C(C)(C)C)[nH]c3=O)C1. The lowest BCUT2D eigenvalue weighted by Gasteiger charge is -2.40. The highest BCUT2D eigenvalue weighted by Gasteiger charge is 2.46. The van der Waals surface area contributed by atoms with Crippen LogP contribution in [0.5, 0.6) is 0 Å². The second kappa shape index (κ2) is 6.58. The molecule has 152 valence electrons. The first-order chi connectivity index (χ1) is 13.6. The molecule has 1 saturated heterocycles. The minimum Gasteiger partial charge on any atom is -0.345 e. The Hall–Kier alpha value is -2.88. The van der Waals surface area contributed by atoms with Crippen LogP contribution in [0, 0.1) is 11.3 Å². The van der Waals surface area contributed by atoms with Crippen molar-refractivity contribution >= 4 is 5.91 Å². The summed E-state index contributed by atoms with van der Waals surface area (Å²) in [4.78, 5) is 35.7. The van der Waals surface area contributed by atoms with Crippen LogP contribution in [0.25, 0.3) is 0 Å². The van der Waals surface area contributed by atoms with Gasteiger partial charge in [-0.1, -0.05) is 20.8 Å². The van der Waals surface area contributed by atoms with Crippen molar-refractivity contribution < 1.29 is 4.79 Å². The molecule has 1 spiro atoms. The molecule has 0 bridgehead atoms. The molecule has 1 atom stereocenters. The average molecular weight is 393 g/mol. The summed E-state index contributed by atoms with van der Waals surface area (Å²) < 4.78 is 1.71. The highest BCUT2D eigenvalue weighted by Crippen LogP contribution is 2.43. The number of rotatable bonds is 1. The molecule has 2 aromatic rings. The number of aryl methyl sites for hydroxylation is 1. The molecule has 1 fully saturated rings. The lowest BCUT2D eigenvalue weighted by atomic mass is 9.77. The summed E-state index contributed by atoms with van der Waals surface area (Å²) in [5.41, 5.74) is 2.11. The van der Waals surface area contributed by atoms with Gasteiger partial charge in [-0.05, 0) is 31.7 Å². The summed E-state index contributed by atoms with van der Waals surface area (Å²) in [6.45, 7) is 7.36. The van der Waals surface area contributed by atoms with Crippen molar-refractivity contribution in [2.24, 2.45) is 7.05 Å². The number of aromatic amines is 1. The number of fused-ring (bicyclic) bond motifs is 2. The quantitative estimate of drug-likeness (QED) is 0.805. The number of carbonyl (C=O) groups excluding carboxylic acids is 1. The summed E-state index contributed by atoms with van der Waals surface area (Å²) in [6, 6.07) is 3.74. The minimum absolute atomic E-state index is 0.0404. The maximum Gasteiger partial charge on any atom is 0.270 e. The van der Waals surface area contributed by atoms with E-state index < -0.39 is 0 Å². The van der Waals surface area contributed by atoms with E-state index in [9.17, 15) is 9.59 Å². The van der Waals surface area contributed by atoms with Crippen molar-refractivity contribution in [3.8, 4) is 6.07 Å². The molecule has 2 aliphatic rings. The molecular weight excluding hydrogens is 366 g/mol. The fourth-order valence-corrected chi connectivity index (χ4v) is 4.71. The van der Waals surface area contributed by atoms with Gasteiger partial charge in [0.25, 0.3) is 11.5 Å². The largest absolute Gasteiger partial charge is 0.345 e. The number of carbonyl (C=O) groups is 1. The zero-order valence-corrected chi connectivity index (χ0v) is 17.5. The van der Waals surface area contributed by atoms with E-state index in [0.717, 1.165) is 30.5 Å². The molecule has 1 N–H and O–H groups in total. The molecule has 7 nitrogen and oxygen atoms in total. The minimum atomic E-state index is -0.263. The molecule has 29 heavy (non-hydrogen) atoms. The van der Waals surface area contributed by atoms with Gasteiger partial charge in [0.2, 0.25) is 0 Å². The third kappa shape index (κ3) is 3.17. The molecular formula is C22H27N5O2. The van der Waals surface area contributed by atoms with Gasteiger partial charge in [0.05, 0.1) is 11.3 Å². The van der Waals surface area contributed by atoms with Crippen LogP contribution in [0.1, 0.15) is 73.2 Å². The lowest BCUT2D eigenvalue weighted by Crippen LogP contribution is -2.48. The Bertz CT molecular complexity index is 1080. The van der Waals surface area contributed by atoms with Crippen LogP contribution in [0.4, 0.5) is 0 Å². The van der Waals surface area contributed by atoms with Crippen molar-refractivity contribution in [2.75, 3.05) is 13.1 Å². The molecule has 0 aromatic carbocycles. The van der Waals surface area contributed by atoms with Gasteiger partial charge in [-0.25, -0.2) is 4.98 Å². The number of nitrogens with one attached hydrogen (secondary N) is 1. The monoisotopic (exact) mass is 393 g/mol. The van der Waals surface area contributed by atoms with Crippen LogP contribution in [0.15, 0.2) is 17.1 Å². The molecule has 4 rings (SSSR count). The van der Waals surface area contributed by atoms with Gasteiger partial charge in [0.1, 0.15) is 17.6 Å². The third-order valence-corrected chi connectivity index (χ3v) is 6.30. The smallest absolute Gasteiger partial charge is 0.270 e. The van der Waals surface area contributed by atoms with Gasteiger partial charge < -0.3 is 14.5 Å². The number of hydrogen-bond donors (Lipinski definition) is 1. The van der Waals surface area contributed by atoms with Crippen molar-refractivity contribution in [3.05, 3.63) is 51.0 Å². The molecule has 7 heteroatoms. The Morgan fingerprint density at radius 1 is 1.34 bits per heavy atom. The summed E-state index contributed by atoms with van der Waals surface area (Å²) in [5, 5.41) is 9.13. The highest BCUT2D eigenvalue weighted by molar-refractivity contribution is 5.93. The summed E-state index contributed by atoms with van der Waals surface area (Å²) in [5.74, 6) is 0.634. The summed E-state index contributed by atoms with van der Waals surface area (Å²) >= 11 is 0. The maximum absolute atomic E-state index is 13.2. The first kappa shape index (κ1) is 19.4. The number of likely N-dealkylation sites (tertiary alicyclic amines) is 1. The van der Waals surface area contributed by atoms with Gasteiger partial charge in [0, 0.05) is 42.7 Å². The van der Waals surface area contributed by atoms with Crippen molar-refractivity contribution in [2.45, 2.75) is 57.3 Å². The molecule has 0 radical (unpaired) electrons. The zero-order valence-electron chi connectivity index (χ0n) is 17.5. The Balaban J connectivity index is 1.70. The fourth-order valence-electron chi connectivity index (χ4n) is 4.71. The maximum atomic E-state index is 13.2. The number of amides is 1. The third-order valence-electron chi connectivity index (χ3n) is 6.30. The zero-order chi connectivity index (χ0) is 21.0. The molecule has 0 saturated carbocycles. The molecule has 3 heterocycles.